The van der Waals surface area contributed by atoms with Crippen LogP contribution in [-0.4, -0.2) is 45.7 Å². The zero-order valence-corrected chi connectivity index (χ0v) is 12.3. The third kappa shape index (κ3) is 5.31. The minimum atomic E-state index is -0.673. The Balaban J connectivity index is 2.45. The molecule has 116 valence electrons. The fourth-order valence-electron chi connectivity index (χ4n) is 1.70. The van der Waals surface area contributed by atoms with E-state index in [0.717, 1.165) is 5.56 Å². The van der Waals surface area contributed by atoms with E-state index in [1.807, 2.05) is 12.1 Å². The van der Waals surface area contributed by atoms with Gasteiger partial charge in [-0.05, 0) is 24.1 Å². The van der Waals surface area contributed by atoms with Crippen LogP contribution >= 0.6 is 0 Å². The third-order valence-corrected chi connectivity index (χ3v) is 2.78. The van der Waals surface area contributed by atoms with Crippen LogP contribution in [0.15, 0.2) is 18.2 Å². The van der Waals surface area contributed by atoms with Crippen molar-refractivity contribution in [1.82, 2.24) is 10.6 Å². The number of rotatable bonds is 7. The molecule has 0 saturated heterocycles. The van der Waals surface area contributed by atoms with Gasteiger partial charge in [-0.25, -0.2) is 0 Å². The lowest BCUT2D eigenvalue weighted by molar-refractivity contribution is -0.139. The second kappa shape index (κ2) is 8.80. The van der Waals surface area contributed by atoms with Crippen LogP contribution in [0, 0.1) is 0 Å². The van der Waals surface area contributed by atoms with Crippen LogP contribution in [0.5, 0.6) is 11.5 Å². The molecule has 1 rings (SSSR count). The van der Waals surface area contributed by atoms with Gasteiger partial charge in [-0.3, -0.25) is 9.59 Å². The van der Waals surface area contributed by atoms with Gasteiger partial charge in [0.05, 0.1) is 14.2 Å². The number of carbonyl (C=O) groups excluding carboxylic acids is 2. The SMILES string of the molecule is COc1ccc(CCNC(=O)C(=O)NCCN)cc1OC. The van der Waals surface area contributed by atoms with Crippen LogP contribution in [0.25, 0.3) is 0 Å². The Morgan fingerprint density at radius 3 is 2.24 bits per heavy atom. The molecular weight excluding hydrogens is 274 g/mol. The van der Waals surface area contributed by atoms with E-state index < -0.39 is 11.8 Å². The van der Waals surface area contributed by atoms with Gasteiger partial charge in [0.1, 0.15) is 0 Å². The van der Waals surface area contributed by atoms with Crippen molar-refractivity contribution in [3.63, 3.8) is 0 Å². The first kappa shape index (κ1) is 16.8. The van der Waals surface area contributed by atoms with Crippen molar-refractivity contribution >= 4 is 11.8 Å². The van der Waals surface area contributed by atoms with Gasteiger partial charge >= 0.3 is 11.8 Å². The fraction of sp³-hybridized carbons (Fsp3) is 0.429. The van der Waals surface area contributed by atoms with Crippen molar-refractivity contribution in [3.8, 4) is 11.5 Å². The molecule has 7 heteroatoms. The molecule has 0 fully saturated rings. The van der Waals surface area contributed by atoms with Crippen LogP contribution in [0.1, 0.15) is 5.56 Å². The molecule has 0 aliphatic rings. The molecule has 2 amide bonds. The molecule has 1 aromatic carbocycles. The average molecular weight is 295 g/mol. The molecular formula is C14H21N3O4. The largest absolute Gasteiger partial charge is 0.493 e. The Kier molecular flexibility index (Phi) is 7.03. The van der Waals surface area contributed by atoms with Gasteiger partial charge in [0.2, 0.25) is 0 Å². The molecule has 4 N–H and O–H groups in total. The smallest absolute Gasteiger partial charge is 0.309 e. The van der Waals surface area contributed by atoms with E-state index in [4.69, 9.17) is 15.2 Å². The first-order valence-corrected chi connectivity index (χ1v) is 6.59. The summed E-state index contributed by atoms with van der Waals surface area (Å²) in [5.74, 6) is -0.0647. The Hall–Kier alpha value is -2.28. The highest BCUT2D eigenvalue weighted by molar-refractivity contribution is 6.35. The van der Waals surface area contributed by atoms with Crippen LogP contribution in [0.3, 0.4) is 0 Å². The quantitative estimate of drug-likeness (QED) is 0.585. The number of benzene rings is 1. The molecule has 0 atom stereocenters. The van der Waals surface area contributed by atoms with E-state index in [1.165, 1.54) is 0 Å². The lowest BCUT2D eigenvalue weighted by Crippen LogP contribution is -2.42. The van der Waals surface area contributed by atoms with E-state index >= 15 is 0 Å². The predicted octanol–water partition coefficient (Wildman–Crippen LogP) is -0.563. The zero-order valence-electron chi connectivity index (χ0n) is 12.3. The van der Waals surface area contributed by atoms with Crippen molar-refractivity contribution < 1.29 is 19.1 Å². The molecule has 1 aromatic rings. The first-order chi connectivity index (χ1) is 10.1. The Bertz CT molecular complexity index is 491. The Morgan fingerprint density at radius 2 is 1.67 bits per heavy atom. The predicted molar refractivity (Wildman–Crippen MR) is 78.3 cm³/mol. The molecule has 0 aliphatic carbocycles. The van der Waals surface area contributed by atoms with Gasteiger partial charge in [-0.2, -0.15) is 0 Å². The summed E-state index contributed by atoms with van der Waals surface area (Å²) in [6, 6.07) is 5.51. The number of hydrogen-bond acceptors (Lipinski definition) is 5. The molecule has 21 heavy (non-hydrogen) atoms. The highest BCUT2D eigenvalue weighted by Crippen LogP contribution is 2.27. The van der Waals surface area contributed by atoms with E-state index in [9.17, 15) is 9.59 Å². The standard InChI is InChI=1S/C14H21N3O4/c1-20-11-4-3-10(9-12(11)21-2)5-7-16-13(18)14(19)17-8-6-15/h3-4,9H,5-8,15H2,1-2H3,(H,16,18)(H,17,19). The van der Waals surface area contributed by atoms with Crippen LogP contribution < -0.4 is 25.8 Å². The Morgan fingerprint density at radius 1 is 1.05 bits per heavy atom. The summed E-state index contributed by atoms with van der Waals surface area (Å²) in [6.45, 7) is 0.928. The summed E-state index contributed by atoms with van der Waals surface area (Å²) in [4.78, 5) is 22.8. The minimum absolute atomic E-state index is 0.280. The topological polar surface area (TPSA) is 103 Å². The van der Waals surface area contributed by atoms with Crippen molar-refractivity contribution in [2.75, 3.05) is 33.9 Å². The van der Waals surface area contributed by atoms with Crippen molar-refractivity contribution in [3.05, 3.63) is 23.8 Å². The van der Waals surface area contributed by atoms with E-state index in [2.05, 4.69) is 10.6 Å². The lowest BCUT2D eigenvalue weighted by Gasteiger charge is -2.10. The van der Waals surface area contributed by atoms with Gasteiger partial charge in [-0.15, -0.1) is 0 Å². The van der Waals surface area contributed by atoms with Crippen LogP contribution in [0.4, 0.5) is 0 Å². The molecule has 0 bridgehead atoms. The fourth-order valence-corrected chi connectivity index (χ4v) is 1.70. The van der Waals surface area contributed by atoms with Gasteiger partial charge in [0.25, 0.3) is 0 Å². The zero-order chi connectivity index (χ0) is 15.7. The monoisotopic (exact) mass is 295 g/mol. The van der Waals surface area contributed by atoms with E-state index in [0.29, 0.717) is 31.0 Å². The maximum absolute atomic E-state index is 11.5. The number of methoxy groups -OCH3 is 2. The number of nitrogens with two attached hydrogens (primary N) is 1. The lowest BCUT2D eigenvalue weighted by atomic mass is 10.1. The Labute approximate surface area is 123 Å². The molecule has 7 nitrogen and oxygen atoms in total. The summed E-state index contributed by atoms with van der Waals surface area (Å²) in [7, 11) is 3.13. The molecule has 0 heterocycles. The van der Waals surface area contributed by atoms with E-state index in [-0.39, 0.29) is 6.54 Å². The molecule has 0 unspecified atom stereocenters. The van der Waals surface area contributed by atoms with Gasteiger partial charge in [0.15, 0.2) is 11.5 Å². The summed E-state index contributed by atoms with van der Waals surface area (Å²) in [5, 5.41) is 4.94. The van der Waals surface area contributed by atoms with Crippen molar-refractivity contribution in [2.24, 2.45) is 5.73 Å². The number of ether oxygens (including phenoxy) is 2. The third-order valence-electron chi connectivity index (χ3n) is 2.78. The number of carbonyl (C=O) groups is 2. The average Bonchev–Trinajstić information content (AvgIpc) is 2.52. The molecule has 0 aromatic heterocycles. The first-order valence-electron chi connectivity index (χ1n) is 6.59. The summed E-state index contributed by atoms with van der Waals surface area (Å²) in [5.41, 5.74) is 6.20. The summed E-state index contributed by atoms with van der Waals surface area (Å²) >= 11 is 0. The van der Waals surface area contributed by atoms with Crippen molar-refractivity contribution in [1.29, 1.82) is 0 Å². The normalized spacial score (nSPS) is 9.86. The molecule has 0 saturated carbocycles. The summed E-state index contributed by atoms with van der Waals surface area (Å²) in [6.07, 6.45) is 0.580. The van der Waals surface area contributed by atoms with Crippen LogP contribution in [0.2, 0.25) is 0 Å². The maximum atomic E-state index is 11.5. The maximum Gasteiger partial charge on any atom is 0.309 e. The highest BCUT2D eigenvalue weighted by Gasteiger charge is 2.11. The molecule has 0 radical (unpaired) electrons. The second-order valence-electron chi connectivity index (χ2n) is 4.24. The number of amides is 2. The van der Waals surface area contributed by atoms with Gasteiger partial charge < -0.3 is 25.8 Å². The second-order valence-corrected chi connectivity index (χ2v) is 4.24. The summed E-state index contributed by atoms with van der Waals surface area (Å²) < 4.78 is 10.3. The number of hydrogen-bond donors (Lipinski definition) is 3. The van der Waals surface area contributed by atoms with Crippen molar-refractivity contribution in [2.45, 2.75) is 6.42 Å². The minimum Gasteiger partial charge on any atom is -0.493 e. The van der Waals surface area contributed by atoms with Crippen LogP contribution in [-0.2, 0) is 16.0 Å². The molecule has 0 spiro atoms. The number of nitrogens with one attached hydrogen (secondary N) is 2. The van der Waals surface area contributed by atoms with Gasteiger partial charge in [0, 0.05) is 19.6 Å². The van der Waals surface area contributed by atoms with E-state index in [1.54, 1.807) is 20.3 Å². The molecule has 0 aliphatic heterocycles. The highest BCUT2D eigenvalue weighted by atomic mass is 16.5. The van der Waals surface area contributed by atoms with Gasteiger partial charge in [-0.1, -0.05) is 6.07 Å².